The molecule has 2 bridgehead atoms. The van der Waals surface area contributed by atoms with E-state index in [1.807, 2.05) is 0 Å². The fraction of sp³-hybridized carbons (Fsp3) is 1.00. The van der Waals surface area contributed by atoms with Gasteiger partial charge in [-0.25, -0.2) is 0 Å². The molecule has 0 radical (unpaired) electrons. The van der Waals surface area contributed by atoms with E-state index >= 15 is 0 Å². The SMILES string of the molecule is CCCCN(CC)CC1CC2CCC1N2. The first kappa shape index (κ1) is 11.4. The van der Waals surface area contributed by atoms with E-state index < -0.39 is 0 Å². The molecule has 2 fully saturated rings. The lowest BCUT2D eigenvalue weighted by atomic mass is 9.89. The second-order valence-electron chi connectivity index (χ2n) is 5.29. The van der Waals surface area contributed by atoms with Gasteiger partial charge in [0.25, 0.3) is 0 Å². The van der Waals surface area contributed by atoms with E-state index in [0.29, 0.717) is 0 Å². The smallest absolute Gasteiger partial charge is 0.0111 e. The summed E-state index contributed by atoms with van der Waals surface area (Å²) in [5.74, 6) is 0.945. The van der Waals surface area contributed by atoms with E-state index in [9.17, 15) is 0 Å². The van der Waals surface area contributed by atoms with Gasteiger partial charge in [-0.3, -0.25) is 0 Å². The van der Waals surface area contributed by atoms with Gasteiger partial charge in [0, 0.05) is 18.6 Å². The van der Waals surface area contributed by atoms with Gasteiger partial charge in [0.2, 0.25) is 0 Å². The summed E-state index contributed by atoms with van der Waals surface area (Å²) in [5.41, 5.74) is 0. The Morgan fingerprint density at radius 3 is 2.67 bits per heavy atom. The summed E-state index contributed by atoms with van der Waals surface area (Å²) in [6.45, 7) is 8.46. The molecule has 0 spiro atoms. The van der Waals surface area contributed by atoms with Crippen LogP contribution < -0.4 is 5.32 Å². The number of rotatable bonds is 6. The highest BCUT2D eigenvalue weighted by atomic mass is 15.1. The van der Waals surface area contributed by atoms with Crippen LogP contribution in [0.5, 0.6) is 0 Å². The normalized spacial score (nSPS) is 34.2. The van der Waals surface area contributed by atoms with Gasteiger partial charge in [-0.05, 0) is 44.7 Å². The van der Waals surface area contributed by atoms with Gasteiger partial charge in [-0.2, -0.15) is 0 Å². The van der Waals surface area contributed by atoms with Crippen molar-refractivity contribution in [1.82, 2.24) is 10.2 Å². The van der Waals surface area contributed by atoms with Gasteiger partial charge < -0.3 is 10.2 Å². The highest BCUT2D eigenvalue weighted by Gasteiger charge is 2.39. The average molecular weight is 210 g/mol. The summed E-state index contributed by atoms with van der Waals surface area (Å²) in [6, 6.07) is 1.72. The van der Waals surface area contributed by atoms with Crippen molar-refractivity contribution in [2.24, 2.45) is 5.92 Å². The lowest BCUT2D eigenvalue weighted by molar-refractivity contribution is 0.217. The number of nitrogens with one attached hydrogen (secondary N) is 1. The quantitative estimate of drug-likeness (QED) is 0.723. The van der Waals surface area contributed by atoms with Crippen LogP contribution >= 0.6 is 0 Å². The van der Waals surface area contributed by atoms with Crippen molar-refractivity contribution in [3.05, 3.63) is 0 Å². The Bertz CT molecular complexity index is 193. The van der Waals surface area contributed by atoms with Crippen molar-refractivity contribution in [3.63, 3.8) is 0 Å². The molecule has 0 saturated carbocycles. The average Bonchev–Trinajstić information content (AvgIpc) is 2.85. The van der Waals surface area contributed by atoms with E-state index in [1.54, 1.807) is 0 Å². The third kappa shape index (κ3) is 2.73. The molecule has 2 aliphatic heterocycles. The summed E-state index contributed by atoms with van der Waals surface area (Å²) < 4.78 is 0. The third-order valence-electron chi connectivity index (χ3n) is 4.20. The van der Waals surface area contributed by atoms with Crippen LogP contribution in [0.15, 0.2) is 0 Å². The molecule has 0 amide bonds. The highest BCUT2D eigenvalue weighted by molar-refractivity contribution is 4.98. The Hall–Kier alpha value is -0.0800. The van der Waals surface area contributed by atoms with Crippen molar-refractivity contribution >= 4 is 0 Å². The van der Waals surface area contributed by atoms with Gasteiger partial charge in [0.1, 0.15) is 0 Å². The van der Waals surface area contributed by atoms with Crippen LogP contribution in [0, 0.1) is 5.92 Å². The lowest BCUT2D eigenvalue weighted by Crippen LogP contribution is -2.35. The Balaban J connectivity index is 1.74. The Morgan fingerprint density at radius 1 is 1.27 bits per heavy atom. The molecule has 2 heteroatoms. The predicted molar refractivity (Wildman–Crippen MR) is 65.1 cm³/mol. The molecule has 15 heavy (non-hydrogen) atoms. The van der Waals surface area contributed by atoms with Gasteiger partial charge in [0.15, 0.2) is 0 Å². The van der Waals surface area contributed by atoms with Crippen LogP contribution in [0.25, 0.3) is 0 Å². The number of hydrogen-bond acceptors (Lipinski definition) is 2. The molecule has 1 N–H and O–H groups in total. The molecule has 3 atom stereocenters. The topological polar surface area (TPSA) is 15.3 Å². The van der Waals surface area contributed by atoms with E-state index in [1.165, 1.54) is 51.7 Å². The Kier molecular flexibility index (Phi) is 4.04. The molecule has 0 aromatic carbocycles. The highest BCUT2D eigenvalue weighted by Crippen LogP contribution is 2.33. The fourth-order valence-corrected chi connectivity index (χ4v) is 3.23. The largest absolute Gasteiger partial charge is 0.311 e. The first-order valence-corrected chi connectivity index (χ1v) is 6.81. The minimum atomic E-state index is 0.852. The van der Waals surface area contributed by atoms with E-state index in [0.717, 1.165) is 18.0 Å². The zero-order valence-electron chi connectivity index (χ0n) is 10.3. The zero-order chi connectivity index (χ0) is 10.7. The van der Waals surface area contributed by atoms with Crippen molar-refractivity contribution in [2.75, 3.05) is 19.6 Å². The molecular formula is C13H26N2. The summed E-state index contributed by atoms with van der Waals surface area (Å²) in [7, 11) is 0. The molecule has 2 nitrogen and oxygen atoms in total. The van der Waals surface area contributed by atoms with Crippen molar-refractivity contribution in [1.29, 1.82) is 0 Å². The van der Waals surface area contributed by atoms with Crippen LogP contribution in [0.3, 0.4) is 0 Å². The minimum absolute atomic E-state index is 0.852. The molecule has 3 unspecified atom stereocenters. The molecule has 2 saturated heterocycles. The number of nitrogens with zero attached hydrogens (tertiary/aromatic N) is 1. The maximum absolute atomic E-state index is 3.74. The third-order valence-corrected chi connectivity index (χ3v) is 4.20. The summed E-state index contributed by atoms with van der Waals surface area (Å²) in [5, 5.41) is 3.74. The van der Waals surface area contributed by atoms with Gasteiger partial charge in [-0.15, -0.1) is 0 Å². The van der Waals surface area contributed by atoms with Crippen LogP contribution in [-0.4, -0.2) is 36.6 Å². The summed E-state index contributed by atoms with van der Waals surface area (Å²) >= 11 is 0. The molecule has 0 aromatic rings. The number of hydrogen-bond donors (Lipinski definition) is 1. The first-order valence-electron chi connectivity index (χ1n) is 6.81. The van der Waals surface area contributed by atoms with Crippen LogP contribution in [0.4, 0.5) is 0 Å². The van der Waals surface area contributed by atoms with Gasteiger partial charge >= 0.3 is 0 Å². The molecule has 88 valence electrons. The van der Waals surface area contributed by atoms with Crippen LogP contribution in [0.2, 0.25) is 0 Å². The fourth-order valence-electron chi connectivity index (χ4n) is 3.23. The van der Waals surface area contributed by atoms with Gasteiger partial charge in [0.05, 0.1) is 0 Å². The maximum Gasteiger partial charge on any atom is 0.0111 e. The first-order chi connectivity index (χ1) is 7.33. The van der Waals surface area contributed by atoms with Crippen molar-refractivity contribution in [3.8, 4) is 0 Å². The number of fused-ring (bicyclic) bond motifs is 2. The summed E-state index contributed by atoms with van der Waals surface area (Å²) in [6.07, 6.45) is 6.99. The van der Waals surface area contributed by atoms with E-state index in [-0.39, 0.29) is 0 Å². The molecule has 0 aliphatic carbocycles. The van der Waals surface area contributed by atoms with Crippen LogP contribution in [0.1, 0.15) is 46.0 Å². The molecule has 2 aliphatic rings. The lowest BCUT2D eigenvalue weighted by Gasteiger charge is -2.28. The maximum atomic E-state index is 3.74. The molecule has 0 aromatic heterocycles. The number of unbranched alkanes of at least 4 members (excludes halogenated alkanes) is 1. The van der Waals surface area contributed by atoms with Crippen molar-refractivity contribution < 1.29 is 0 Å². The monoisotopic (exact) mass is 210 g/mol. The Morgan fingerprint density at radius 2 is 2.13 bits per heavy atom. The molecule has 2 heterocycles. The molecule has 2 rings (SSSR count). The Labute approximate surface area is 94.4 Å². The second kappa shape index (κ2) is 5.31. The van der Waals surface area contributed by atoms with E-state index in [2.05, 4.69) is 24.1 Å². The van der Waals surface area contributed by atoms with Crippen molar-refractivity contribution in [2.45, 2.75) is 58.0 Å². The second-order valence-corrected chi connectivity index (χ2v) is 5.29. The predicted octanol–water partition coefficient (Wildman–Crippen LogP) is 2.25. The zero-order valence-corrected chi connectivity index (χ0v) is 10.3. The molecular weight excluding hydrogens is 184 g/mol. The van der Waals surface area contributed by atoms with Gasteiger partial charge in [-0.1, -0.05) is 20.3 Å². The van der Waals surface area contributed by atoms with Crippen LogP contribution in [-0.2, 0) is 0 Å². The van der Waals surface area contributed by atoms with E-state index in [4.69, 9.17) is 0 Å². The standard InChI is InChI=1S/C13H26N2/c1-3-5-8-15(4-2)10-11-9-12-6-7-13(11)14-12/h11-14H,3-10H2,1-2H3. The summed E-state index contributed by atoms with van der Waals surface area (Å²) in [4.78, 5) is 2.65. The minimum Gasteiger partial charge on any atom is -0.311 e.